The van der Waals surface area contributed by atoms with Crippen LogP contribution in [0, 0.1) is 5.92 Å². The molecule has 1 heterocycles. The normalized spacial score (nSPS) is 23.1. The van der Waals surface area contributed by atoms with Crippen molar-refractivity contribution in [1.82, 2.24) is 4.90 Å². The summed E-state index contributed by atoms with van der Waals surface area (Å²) in [6.45, 7) is 5.76. The van der Waals surface area contributed by atoms with Crippen molar-refractivity contribution in [2.75, 3.05) is 19.7 Å². The summed E-state index contributed by atoms with van der Waals surface area (Å²) in [4.78, 5) is 2.58. The van der Waals surface area contributed by atoms with Gasteiger partial charge >= 0.3 is 0 Å². The lowest BCUT2D eigenvalue weighted by atomic mass is 9.87. The third kappa shape index (κ3) is 2.26. The SMILES string of the molecule is CCC(CN)(C1CC1)N1CCOc2ccccc2C1. The maximum atomic E-state index is 6.18. The van der Waals surface area contributed by atoms with Crippen LogP contribution in [0.2, 0.25) is 0 Å². The molecule has 0 radical (unpaired) electrons. The highest BCUT2D eigenvalue weighted by atomic mass is 16.5. The van der Waals surface area contributed by atoms with Crippen molar-refractivity contribution >= 4 is 0 Å². The molecular formula is C16H24N2O. The summed E-state index contributed by atoms with van der Waals surface area (Å²) < 4.78 is 5.88. The fourth-order valence-electron chi connectivity index (χ4n) is 3.54. The van der Waals surface area contributed by atoms with Crippen LogP contribution in [0.1, 0.15) is 31.7 Å². The molecule has 0 amide bonds. The predicted molar refractivity (Wildman–Crippen MR) is 77.1 cm³/mol. The second-order valence-corrected chi connectivity index (χ2v) is 5.81. The van der Waals surface area contributed by atoms with E-state index in [1.165, 1.54) is 18.4 Å². The summed E-state index contributed by atoms with van der Waals surface area (Å²) >= 11 is 0. The largest absolute Gasteiger partial charge is 0.492 e. The third-order valence-electron chi connectivity index (χ3n) is 4.89. The van der Waals surface area contributed by atoms with E-state index in [2.05, 4.69) is 30.0 Å². The van der Waals surface area contributed by atoms with E-state index >= 15 is 0 Å². The lowest BCUT2D eigenvalue weighted by Gasteiger charge is -2.43. The fourth-order valence-corrected chi connectivity index (χ4v) is 3.54. The highest BCUT2D eigenvalue weighted by Crippen LogP contribution is 2.45. The van der Waals surface area contributed by atoms with Crippen LogP contribution in [0.3, 0.4) is 0 Å². The molecule has 1 fully saturated rings. The molecule has 0 bridgehead atoms. The molecule has 2 aliphatic rings. The number of hydrogen-bond acceptors (Lipinski definition) is 3. The van der Waals surface area contributed by atoms with E-state index in [0.29, 0.717) is 0 Å². The molecule has 1 unspecified atom stereocenters. The number of fused-ring (bicyclic) bond motifs is 1. The molecule has 1 aliphatic heterocycles. The Morgan fingerprint density at radius 3 is 2.84 bits per heavy atom. The van der Waals surface area contributed by atoms with Crippen molar-refractivity contribution in [3.05, 3.63) is 29.8 Å². The molecule has 3 rings (SSSR count). The molecule has 104 valence electrons. The first-order valence-corrected chi connectivity index (χ1v) is 7.46. The van der Waals surface area contributed by atoms with E-state index in [9.17, 15) is 0 Å². The zero-order valence-electron chi connectivity index (χ0n) is 11.8. The highest BCUT2D eigenvalue weighted by Gasteiger charge is 2.47. The average molecular weight is 260 g/mol. The van der Waals surface area contributed by atoms with Gasteiger partial charge in [0, 0.05) is 30.7 Å². The Morgan fingerprint density at radius 1 is 1.37 bits per heavy atom. The standard InChI is InChI=1S/C16H24N2O/c1-2-16(12-17,14-7-8-14)18-9-10-19-15-6-4-3-5-13(15)11-18/h3-6,14H,2,7-12,17H2,1H3. The first kappa shape index (κ1) is 12.9. The number of rotatable bonds is 4. The number of benzene rings is 1. The van der Waals surface area contributed by atoms with E-state index in [4.69, 9.17) is 10.5 Å². The molecule has 0 aromatic heterocycles. The number of hydrogen-bond donors (Lipinski definition) is 1. The monoisotopic (exact) mass is 260 g/mol. The summed E-state index contributed by atoms with van der Waals surface area (Å²) in [6, 6.07) is 8.40. The Kier molecular flexibility index (Phi) is 3.50. The highest BCUT2D eigenvalue weighted by molar-refractivity contribution is 5.34. The Bertz CT molecular complexity index is 438. The molecule has 19 heavy (non-hydrogen) atoms. The van der Waals surface area contributed by atoms with E-state index in [-0.39, 0.29) is 5.54 Å². The van der Waals surface area contributed by atoms with Crippen molar-refractivity contribution in [3.63, 3.8) is 0 Å². The molecule has 1 aromatic rings. The van der Waals surface area contributed by atoms with Gasteiger partial charge in [-0.3, -0.25) is 4.90 Å². The van der Waals surface area contributed by atoms with Gasteiger partial charge in [-0.15, -0.1) is 0 Å². The second-order valence-electron chi connectivity index (χ2n) is 5.81. The number of nitrogens with zero attached hydrogens (tertiary/aromatic N) is 1. The first-order chi connectivity index (χ1) is 9.30. The average Bonchev–Trinajstić information content (AvgIpc) is 3.27. The molecule has 1 aliphatic carbocycles. The van der Waals surface area contributed by atoms with Gasteiger partial charge in [-0.1, -0.05) is 25.1 Å². The van der Waals surface area contributed by atoms with Crippen LogP contribution < -0.4 is 10.5 Å². The quantitative estimate of drug-likeness (QED) is 0.903. The minimum atomic E-state index is 0.181. The zero-order chi connectivity index (χ0) is 13.3. The van der Waals surface area contributed by atoms with Gasteiger partial charge in [-0.25, -0.2) is 0 Å². The maximum Gasteiger partial charge on any atom is 0.123 e. The first-order valence-electron chi connectivity index (χ1n) is 7.46. The molecule has 2 N–H and O–H groups in total. The van der Waals surface area contributed by atoms with Gasteiger partial charge in [0.2, 0.25) is 0 Å². The van der Waals surface area contributed by atoms with E-state index < -0.39 is 0 Å². The van der Waals surface area contributed by atoms with Crippen molar-refractivity contribution < 1.29 is 4.74 Å². The van der Waals surface area contributed by atoms with Crippen molar-refractivity contribution in [2.24, 2.45) is 11.7 Å². The molecule has 1 aromatic carbocycles. The number of nitrogens with two attached hydrogens (primary N) is 1. The van der Waals surface area contributed by atoms with Gasteiger partial charge in [0.25, 0.3) is 0 Å². The van der Waals surface area contributed by atoms with E-state index in [0.717, 1.165) is 44.3 Å². The Balaban J connectivity index is 1.88. The van der Waals surface area contributed by atoms with Crippen LogP contribution in [0.15, 0.2) is 24.3 Å². The Labute approximate surface area is 115 Å². The Morgan fingerprint density at radius 2 is 2.16 bits per heavy atom. The molecule has 0 saturated heterocycles. The topological polar surface area (TPSA) is 38.5 Å². The van der Waals surface area contributed by atoms with Crippen molar-refractivity contribution in [1.29, 1.82) is 0 Å². The van der Waals surface area contributed by atoms with Crippen LogP contribution in [0.5, 0.6) is 5.75 Å². The van der Waals surface area contributed by atoms with Crippen molar-refractivity contribution in [3.8, 4) is 5.75 Å². The summed E-state index contributed by atoms with van der Waals surface area (Å²) in [7, 11) is 0. The molecule has 0 spiro atoms. The lowest BCUT2D eigenvalue weighted by Crippen LogP contribution is -2.55. The maximum absolute atomic E-state index is 6.18. The Hall–Kier alpha value is -1.06. The van der Waals surface area contributed by atoms with E-state index in [1.807, 2.05) is 6.07 Å². The summed E-state index contributed by atoms with van der Waals surface area (Å²) in [5.74, 6) is 1.83. The lowest BCUT2D eigenvalue weighted by molar-refractivity contribution is 0.0551. The van der Waals surface area contributed by atoms with Gasteiger partial charge in [0.05, 0.1) is 0 Å². The summed E-state index contributed by atoms with van der Waals surface area (Å²) in [5, 5.41) is 0. The number of ether oxygens (including phenoxy) is 1. The second kappa shape index (κ2) is 5.14. The molecule has 1 atom stereocenters. The summed E-state index contributed by atoms with van der Waals surface area (Å²) in [6.07, 6.45) is 3.81. The van der Waals surface area contributed by atoms with Gasteiger partial charge in [-0.2, -0.15) is 0 Å². The van der Waals surface area contributed by atoms with Gasteiger partial charge in [0.15, 0.2) is 0 Å². The van der Waals surface area contributed by atoms with Crippen LogP contribution in [-0.2, 0) is 6.54 Å². The van der Waals surface area contributed by atoms with Crippen molar-refractivity contribution in [2.45, 2.75) is 38.3 Å². The summed E-state index contributed by atoms with van der Waals surface area (Å²) in [5.41, 5.74) is 7.66. The van der Waals surface area contributed by atoms with Gasteiger partial charge in [-0.05, 0) is 31.2 Å². The van der Waals surface area contributed by atoms with Gasteiger partial charge < -0.3 is 10.5 Å². The molecule has 3 heteroatoms. The van der Waals surface area contributed by atoms with Crippen LogP contribution in [0.4, 0.5) is 0 Å². The van der Waals surface area contributed by atoms with E-state index in [1.54, 1.807) is 0 Å². The minimum Gasteiger partial charge on any atom is -0.492 e. The van der Waals surface area contributed by atoms with Crippen LogP contribution in [0.25, 0.3) is 0 Å². The number of para-hydroxylation sites is 1. The minimum absolute atomic E-state index is 0.181. The smallest absolute Gasteiger partial charge is 0.123 e. The van der Waals surface area contributed by atoms with Crippen LogP contribution in [-0.4, -0.2) is 30.1 Å². The van der Waals surface area contributed by atoms with Crippen LogP contribution >= 0.6 is 0 Å². The van der Waals surface area contributed by atoms with Gasteiger partial charge in [0.1, 0.15) is 12.4 Å². The third-order valence-corrected chi connectivity index (χ3v) is 4.89. The zero-order valence-corrected chi connectivity index (χ0v) is 11.8. The predicted octanol–water partition coefficient (Wildman–Crippen LogP) is 2.40. The molecular weight excluding hydrogens is 236 g/mol. The molecule has 1 saturated carbocycles. The molecule has 3 nitrogen and oxygen atoms in total. The fraction of sp³-hybridized carbons (Fsp3) is 0.625.